The molecule has 4 rings (SSSR count). The van der Waals surface area contributed by atoms with Crippen LogP contribution in [-0.2, 0) is 6.42 Å². The fourth-order valence-corrected chi connectivity index (χ4v) is 3.95. The number of aliphatic hydroxyl groups excluding tert-OH is 1. The minimum absolute atomic E-state index is 0.662. The van der Waals surface area contributed by atoms with Gasteiger partial charge in [0.15, 0.2) is 0 Å². The number of hydrogen-bond donors (Lipinski definition) is 1. The summed E-state index contributed by atoms with van der Waals surface area (Å²) in [5.74, 6) is 0. The second-order valence-corrected chi connectivity index (χ2v) is 7.49. The van der Waals surface area contributed by atoms with Gasteiger partial charge in [-0.25, -0.2) is 0 Å². The first-order valence-corrected chi connectivity index (χ1v) is 9.86. The van der Waals surface area contributed by atoms with Crippen molar-refractivity contribution in [3.05, 3.63) is 100 Å². The van der Waals surface area contributed by atoms with E-state index in [-0.39, 0.29) is 0 Å². The highest BCUT2D eigenvalue weighted by Gasteiger charge is 2.14. The smallest absolute Gasteiger partial charge is 0.104 e. The van der Waals surface area contributed by atoms with Crippen LogP contribution in [0, 0.1) is 0 Å². The van der Waals surface area contributed by atoms with E-state index >= 15 is 0 Å². The van der Waals surface area contributed by atoms with E-state index < -0.39 is 6.10 Å². The molecule has 3 heteroatoms. The van der Waals surface area contributed by atoms with Crippen molar-refractivity contribution in [2.45, 2.75) is 19.4 Å². The third-order valence-electron chi connectivity index (χ3n) is 4.95. The number of fused-ring (bicyclic) bond motifs is 1. The summed E-state index contributed by atoms with van der Waals surface area (Å²) in [6.07, 6.45) is 4.02. The molecule has 0 bridgehead atoms. The first kappa shape index (κ1) is 17.9. The predicted molar refractivity (Wildman–Crippen MR) is 115 cm³/mol. The maximum atomic E-state index is 11.0. The van der Waals surface area contributed by atoms with E-state index in [1.807, 2.05) is 54.9 Å². The number of nitrogens with zero attached hydrogens (tertiary/aromatic N) is 1. The lowest BCUT2D eigenvalue weighted by Gasteiger charge is -2.15. The molecule has 0 fully saturated rings. The summed E-state index contributed by atoms with van der Waals surface area (Å²) >= 11 is 3.58. The number of hydrogen-bond acceptors (Lipinski definition) is 2. The van der Waals surface area contributed by atoms with Crippen molar-refractivity contribution in [1.82, 2.24) is 4.98 Å². The molecule has 134 valence electrons. The van der Waals surface area contributed by atoms with Crippen molar-refractivity contribution in [3.8, 4) is 11.1 Å². The topological polar surface area (TPSA) is 33.1 Å². The van der Waals surface area contributed by atoms with Crippen LogP contribution >= 0.6 is 15.9 Å². The largest absolute Gasteiger partial charge is 0.384 e. The van der Waals surface area contributed by atoms with Crippen LogP contribution in [0.3, 0.4) is 0 Å². The first-order chi connectivity index (χ1) is 13.2. The van der Waals surface area contributed by atoms with Crippen LogP contribution in [0.1, 0.15) is 29.7 Å². The fraction of sp³-hybridized carbons (Fsp3) is 0.125. The number of aryl methyl sites for hydroxylation is 1. The molecule has 3 aromatic carbocycles. The summed E-state index contributed by atoms with van der Waals surface area (Å²) in [4.78, 5) is 4.39. The monoisotopic (exact) mass is 417 g/mol. The number of benzene rings is 3. The minimum atomic E-state index is -0.662. The molecule has 1 unspecified atom stereocenters. The maximum Gasteiger partial charge on any atom is 0.104 e. The van der Waals surface area contributed by atoms with Crippen LogP contribution in [0.2, 0.25) is 0 Å². The quantitative estimate of drug-likeness (QED) is 0.421. The van der Waals surface area contributed by atoms with Crippen LogP contribution in [-0.4, -0.2) is 10.1 Å². The Hall–Kier alpha value is -2.49. The molecular weight excluding hydrogens is 398 g/mol. The summed E-state index contributed by atoms with van der Waals surface area (Å²) < 4.78 is 1.08. The summed E-state index contributed by atoms with van der Waals surface area (Å²) in [7, 11) is 0. The summed E-state index contributed by atoms with van der Waals surface area (Å²) in [5, 5.41) is 13.2. The Bertz CT molecular complexity index is 1090. The second-order valence-electron chi connectivity index (χ2n) is 6.64. The molecule has 0 aliphatic rings. The zero-order valence-electron chi connectivity index (χ0n) is 15.1. The number of rotatable bonds is 4. The van der Waals surface area contributed by atoms with Crippen molar-refractivity contribution in [1.29, 1.82) is 0 Å². The Morgan fingerprint density at radius 2 is 1.67 bits per heavy atom. The van der Waals surface area contributed by atoms with Crippen molar-refractivity contribution in [2.75, 3.05) is 0 Å². The first-order valence-electron chi connectivity index (χ1n) is 9.07. The van der Waals surface area contributed by atoms with Crippen molar-refractivity contribution >= 4 is 26.7 Å². The molecule has 0 saturated heterocycles. The van der Waals surface area contributed by atoms with Gasteiger partial charge in [-0.3, -0.25) is 4.98 Å². The lowest BCUT2D eigenvalue weighted by molar-refractivity contribution is 0.220. The Morgan fingerprint density at radius 1 is 0.926 bits per heavy atom. The summed E-state index contributed by atoms with van der Waals surface area (Å²) in [5.41, 5.74) is 5.19. The van der Waals surface area contributed by atoms with Gasteiger partial charge >= 0.3 is 0 Å². The molecule has 4 aromatic rings. The van der Waals surface area contributed by atoms with Gasteiger partial charge in [0, 0.05) is 27.8 Å². The SMILES string of the molecule is CCc1cc(C(O)c2ccc3cncc(-c4ccccc4)c3c2)ccc1Br. The number of aliphatic hydroxyl groups is 1. The van der Waals surface area contributed by atoms with Crippen LogP contribution in [0.5, 0.6) is 0 Å². The fourth-order valence-electron chi connectivity index (χ4n) is 3.43. The predicted octanol–water partition coefficient (Wildman–Crippen LogP) is 6.31. The molecule has 2 nitrogen and oxygen atoms in total. The van der Waals surface area contributed by atoms with E-state index in [1.165, 1.54) is 5.56 Å². The molecule has 0 saturated carbocycles. The molecule has 0 amide bonds. The van der Waals surface area contributed by atoms with Crippen LogP contribution in [0.4, 0.5) is 0 Å². The third kappa shape index (κ3) is 3.53. The Balaban J connectivity index is 1.81. The maximum absolute atomic E-state index is 11.0. The average molecular weight is 418 g/mol. The van der Waals surface area contributed by atoms with Gasteiger partial charge in [0.05, 0.1) is 0 Å². The molecule has 0 aliphatic heterocycles. The molecule has 1 heterocycles. The standard InChI is InChI=1S/C24H20BrNO/c1-2-16-12-18(10-11-23(16)25)24(27)19-8-9-20-14-26-15-22(21(20)13-19)17-6-4-3-5-7-17/h3-15,24,27H,2H2,1H3. The van der Waals surface area contributed by atoms with Crippen molar-refractivity contribution < 1.29 is 5.11 Å². The van der Waals surface area contributed by atoms with Gasteiger partial charge < -0.3 is 5.11 Å². The van der Waals surface area contributed by atoms with E-state index in [4.69, 9.17) is 0 Å². The van der Waals surface area contributed by atoms with E-state index in [2.05, 4.69) is 52.1 Å². The van der Waals surface area contributed by atoms with Gasteiger partial charge in [-0.15, -0.1) is 0 Å². The highest BCUT2D eigenvalue weighted by molar-refractivity contribution is 9.10. The van der Waals surface area contributed by atoms with Crippen LogP contribution in [0.25, 0.3) is 21.9 Å². The molecule has 0 aliphatic carbocycles. The zero-order chi connectivity index (χ0) is 18.8. The minimum Gasteiger partial charge on any atom is -0.384 e. The second kappa shape index (κ2) is 7.63. The molecule has 0 radical (unpaired) electrons. The number of halogens is 1. The third-order valence-corrected chi connectivity index (χ3v) is 5.73. The lowest BCUT2D eigenvalue weighted by Crippen LogP contribution is -2.01. The van der Waals surface area contributed by atoms with Gasteiger partial charge in [0.2, 0.25) is 0 Å². The molecule has 0 spiro atoms. The van der Waals surface area contributed by atoms with Gasteiger partial charge in [-0.1, -0.05) is 77.5 Å². The highest BCUT2D eigenvalue weighted by Crippen LogP contribution is 2.32. The van der Waals surface area contributed by atoms with E-state index in [0.29, 0.717) is 0 Å². The molecule has 1 N–H and O–H groups in total. The summed E-state index contributed by atoms with van der Waals surface area (Å²) in [6, 6.07) is 22.4. The number of pyridine rings is 1. The van der Waals surface area contributed by atoms with Crippen molar-refractivity contribution in [2.24, 2.45) is 0 Å². The van der Waals surface area contributed by atoms with Gasteiger partial charge in [-0.05, 0) is 46.2 Å². The van der Waals surface area contributed by atoms with Crippen molar-refractivity contribution in [3.63, 3.8) is 0 Å². The zero-order valence-corrected chi connectivity index (χ0v) is 16.6. The van der Waals surface area contributed by atoms with E-state index in [9.17, 15) is 5.11 Å². The van der Waals surface area contributed by atoms with Gasteiger partial charge in [0.1, 0.15) is 6.10 Å². The molecule has 1 aromatic heterocycles. The van der Waals surface area contributed by atoms with Gasteiger partial charge in [0.25, 0.3) is 0 Å². The molecule has 27 heavy (non-hydrogen) atoms. The van der Waals surface area contributed by atoms with Crippen LogP contribution < -0.4 is 0 Å². The van der Waals surface area contributed by atoms with Crippen LogP contribution in [0.15, 0.2) is 83.6 Å². The highest BCUT2D eigenvalue weighted by atomic mass is 79.9. The Kier molecular flexibility index (Phi) is 5.06. The Labute approximate surface area is 167 Å². The normalized spacial score (nSPS) is 12.3. The number of aromatic nitrogens is 1. The summed E-state index contributed by atoms with van der Waals surface area (Å²) in [6.45, 7) is 2.12. The van der Waals surface area contributed by atoms with E-state index in [0.717, 1.165) is 43.9 Å². The van der Waals surface area contributed by atoms with Gasteiger partial charge in [-0.2, -0.15) is 0 Å². The van der Waals surface area contributed by atoms with E-state index in [1.54, 1.807) is 0 Å². The molecule has 1 atom stereocenters. The Morgan fingerprint density at radius 3 is 2.44 bits per heavy atom. The molecular formula is C24H20BrNO. The lowest BCUT2D eigenvalue weighted by atomic mass is 9.94. The average Bonchev–Trinajstić information content (AvgIpc) is 2.73.